The van der Waals surface area contributed by atoms with Crippen molar-refractivity contribution in [1.82, 2.24) is 25.1 Å². The van der Waals surface area contributed by atoms with Gasteiger partial charge in [-0.3, -0.25) is 9.78 Å². The van der Waals surface area contributed by atoms with Crippen LogP contribution in [0, 0.1) is 0 Å². The van der Waals surface area contributed by atoms with Crippen molar-refractivity contribution in [1.29, 1.82) is 0 Å². The summed E-state index contributed by atoms with van der Waals surface area (Å²) in [7, 11) is 0. The Bertz CT molecular complexity index is 1020. The summed E-state index contributed by atoms with van der Waals surface area (Å²) >= 11 is 0. The van der Waals surface area contributed by atoms with Crippen LogP contribution >= 0.6 is 0 Å². The third-order valence-electron chi connectivity index (χ3n) is 5.44. The summed E-state index contributed by atoms with van der Waals surface area (Å²) in [6.45, 7) is 2.06. The lowest BCUT2D eigenvalue weighted by molar-refractivity contribution is -0.129. The van der Waals surface area contributed by atoms with Crippen molar-refractivity contribution in [2.24, 2.45) is 0 Å². The lowest BCUT2D eigenvalue weighted by Gasteiger charge is -2.19. The monoisotopic (exact) mass is 391 g/mol. The number of amides is 1. The Morgan fingerprint density at radius 3 is 3.10 bits per heavy atom. The summed E-state index contributed by atoms with van der Waals surface area (Å²) in [5, 5.41) is 8.24. The minimum Gasteiger partial charge on any atom is -0.493 e. The van der Waals surface area contributed by atoms with E-state index in [2.05, 4.69) is 26.2 Å². The van der Waals surface area contributed by atoms with Crippen molar-refractivity contribution >= 4 is 5.91 Å². The lowest BCUT2D eigenvalue weighted by atomic mass is 10.0. The van der Waals surface area contributed by atoms with E-state index in [0.29, 0.717) is 37.0 Å². The molecule has 2 aliphatic heterocycles. The third kappa shape index (κ3) is 3.70. The molecule has 148 valence electrons. The van der Waals surface area contributed by atoms with Crippen LogP contribution in [0.15, 0.2) is 41.2 Å². The van der Waals surface area contributed by atoms with Crippen LogP contribution < -0.4 is 4.74 Å². The second-order valence-corrected chi connectivity index (χ2v) is 7.43. The number of hydrogen-bond acceptors (Lipinski definition) is 7. The topological polar surface area (TPSA) is 94.2 Å². The van der Waals surface area contributed by atoms with E-state index in [1.54, 1.807) is 18.6 Å². The molecule has 3 aromatic rings. The molecule has 1 amide bonds. The van der Waals surface area contributed by atoms with Crippen LogP contribution in [0.1, 0.15) is 35.8 Å². The molecule has 0 aliphatic carbocycles. The maximum atomic E-state index is 12.8. The van der Waals surface area contributed by atoms with Gasteiger partial charge in [-0.15, -0.1) is 10.2 Å². The summed E-state index contributed by atoms with van der Waals surface area (Å²) in [5.74, 6) is 2.02. The molecule has 8 heteroatoms. The van der Waals surface area contributed by atoms with Gasteiger partial charge in [0.2, 0.25) is 11.8 Å². The fourth-order valence-electron chi connectivity index (χ4n) is 3.91. The zero-order valence-corrected chi connectivity index (χ0v) is 16.0. The van der Waals surface area contributed by atoms with Gasteiger partial charge in [0, 0.05) is 25.5 Å². The fourth-order valence-corrected chi connectivity index (χ4v) is 3.91. The molecule has 0 spiro atoms. The molecule has 1 saturated heterocycles. The van der Waals surface area contributed by atoms with E-state index in [1.807, 2.05) is 17.0 Å². The van der Waals surface area contributed by atoms with Gasteiger partial charge < -0.3 is 14.1 Å². The van der Waals surface area contributed by atoms with E-state index in [-0.39, 0.29) is 11.8 Å². The van der Waals surface area contributed by atoms with Crippen LogP contribution in [0.4, 0.5) is 0 Å². The van der Waals surface area contributed by atoms with E-state index in [0.717, 1.165) is 37.2 Å². The number of carbonyl (C=O) groups is 1. The van der Waals surface area contributed by atoms with Crippen molar-refractivity contribution in [3.8, 4) is 17.3 Å². The Balaban J connectivity index is 1.23. The summed E-state index contributed by atoms with van der Waals surface area (Å²) in [5.41, 5.74) is 2.78. The number of ether oxygens (including phenoxy) is 1. The Labute approximate surface area is 167 Å². The summed E-state index contributed by atoms with van der Waals surface area (Å²) < 4.78 is 11.4. The lowest BCUT2D eigenvalue weighted by Crippen LogP contribution is -2.30. The molecule has 0 radical (unpaired) electrons. The number of nitrogens with zero attached hydrogens (tertiary/aromatic N) is 5. The number of aromatic nitrogens is 4. The SMILES string of the molecule is O=C(Cc1ccc2c(c1)CCCO2)N1CC[C@@H](c2nnc(-c3cnccn3)o2)C1. The molecule has 0 bridgehead atoms. The third-order valence-corrected chi connectivity index (χ3v) is 5.44. The minimum absolute atomic E-state index is 0.0498. The Morgan fingerprint density at radius 2 is 2.21 bits per heavy atom. The normalized spacial score (nSPS) is 18.3. The maximum absolute atomic E-state index is 12.8. The highest BCUT2D eigenvalue weighted by molar-refractivity contribution is 5.79. The number of aryl methyl sites for hydroxylation is 1. The summed E-state index contributed by atoms with van der Waals surface area (Å²) in [6.07, 6.45) is 8.01. The predicted octanol–water partition coefficient (Wildman–Crippen LogP) is 2.41. The van der Waals surface area contributed by atoms with Gasteiger partial charge in [0.15, 0.2) is 0 Å². The molecule has 1 atom stereocenters. The molecule has 5 rings (SSSR count). The number of hydrogen-bond donors (Lipinski definition) is 0. The van der Waals surface area contributed by atoms with Crippen LogP contribution in [-0.4, -0.2) is 50.7 Å². The average molecular weight is 391 g/mol. The van der Waals surface area contributed by atoms with E-state index >= 15 is 0 Å². The molecule has 8 nitrogen and oxygen atoms in total. The van der Waals surface area contributed by atoms with Crippen LogP contribution in [0.5, 0.6) is 5.75 Å². The average Bonchev–Trinajstić information content (AvgIpc) is 3.44. The van der Waals surface area contributed by atoms with Crippen LogP contribution in [0.2, 0.25) is 0 Å². The van der Waals surface area contributed by atoms with E-state index in [1.165, 1.54) is 5.56 Å². The smallest absolute Gasteiger partial charge is 0.267 e. The van der Waals surface area contributed by atoms with Gasteiger partial charge in [0.25, 0.3) is 5.89 Å². The predicted molar refractivity (Wildman–Crippen MR) is 103 cm³/mol. The molecule has 0 N–H and O–H groups in total. The number of carbonyl (C=O) groups excluding carboxylic acids is 1. The zero-order chi connectivity index (χ0) is 19.6. The molecular formula is C21H21N5O3. The van der Waals surface area contributed by atoms with Crippen molar-refractivity contribution in [3.05, 3.63) is 53.8 Å². The van der Waals surface area contributed by atoms with Gasteiger partial charge in [-0.2, -0.15) is 0 Å². The number of rotatable bonds is 4. The van der Waals surface area contributed by atoms with E-state index in [4.69, 9.17) is 9.15 Å². The van der Waals surface area contributed by atoms with Crippen molar-refractivity contribution in [2.75, 3.05) is 19.7 Å². The molecule has 2 aromatic heterocycles. The molecule has 1 fully saturated rings. The number of benzene rings is 1. The molecular weight excluding hydrogens is 370 g/mol. The van der Waals surface area contributed by atoms with Crippen molar-refractivity contribution in [3.63, 3.8) is 0 Å². The second-order valence-electron chi connectivity index (χ2n) is 7.43. The minimum atomic E-state index is 0.0498. The largest absolute Gasteiger partial charge is 0.493 e. The Morgan fingerprint density at radius 1 is 1.24 bits per heavy atom. The van der Waals surface area contributed by atoms with E-state index in [9.17, 15) is 4.79 Å². The quantitative estimate of drug-likeness (QED) is 0.674. The zero-order valence-electron chi connectivity index (χ0n) is 16.0. The first kappa shape index (κ1) is 17.8. The highest BCUT2D eigenvalue weighted by Gasteiger charge is 2.31. The first-order valence-electron chi connectivity index (χ1n) is 9.88. The van der Waals surface area contributed by atoms with Crippen molar-refractivity contribution in [2.45, 2.75) is 31.6 Å². The standard InChI is InChI=1S/C21H21N5O3/c27-19(11-14-3-4-18-15(10-14)2-1-9-28-18)26-8-5-16(13-26)20-24-25-21(29-20)17-12-22-6-7-23-17/h3-4,6-7,10,12,16H,1-2,5,8-9,11,13H2/t16-/m1/s1. The van der Waals surface area contributed by atoms with Crippen LogP contribution in [0.3, 0.4) is 0 Å². The summed E-state index contributed by atoms with van der Waals surface area (Å²) in [4.78, 5) is 22.9. The number of likely N-dealkylation sites (tertiary alicyclic amines) is 1. The second kappa shape index (κ2) is 7.62. The molecule has 0 unspecified atom stereocenters. The highest BCUT2D eigenvalue weighted by Crippen LogP contribution is 2.29. The van der Waals surface area contributed by atoms with Gasteiger partial charge in [-0.25, -0.2) is 4.98 Å². The molecule has 4 heterocycles. The molecule has 29 heavy (non-hydrogen) atoms. The Kier molecular flexibility index (Phi) is 4.67. The van der Waals surface area contributed by atoms with Gasteiger partial charge in [0.05, 0.1) is 25.1 Å². The molecule has 1 aromatic carbocycles. The van der Waals surface area contributed by atoms with Crippen LogP contribution in [-0.2, 0) is 17.6 Å². The van der Waals surface area contributed by atoms with Gasteiger partial charge in [-0.05, 0) is 36.5 Å². The maximum Gasteiger partial charge on any atom is 0.267 e. The van der Waals surface area contributed by atoms with Crippen molar-refractivity contribution < 1.29 is 13.9 Å². The summed E-state index contributed by atoms with van der Waals surface area (Å²) in [6, 6.07) is 6.07. The first-order chi connectivity index (χ1) is 14.3. The Hall–Kier alpha value is -3.29. The molecule has 0 saturated carbocycles. The van der Waals surface area contributed by atoms with E-state index < -0.39 is 0 Å². The van der Waals surface area contributed by atoms with Gasteiger partial charge in [-0.1, -0.05) is 12.1 Å². The van der Waals surface area contributed by atoms with Crippen LogP contribution in [0.25, 0.3) is 11.6 Å². The van der Waals surface area contributed by atoms with Gasteiger partial charge in [0.1, 0.15) is 11.4 Å². The first-order valence-corrected chi connectivity index (χ1v) is 9.88. The molecule has 2 aliphatic rings. The highest BCUT2D eigenvalue weighted by atomic mass is 16.5. The number of fused-ring (bicyclic) bond motifs is 1. The van der Waals surface area contributed by atoms with Gasteiger partial charge >= 0.3 is 0 Å². The fraction of sp³-hybridized carbons (Fsp3) is 0.381.